The Bertz CT molecular complexity index is 2270. The monoisotopic (exact) mass is 624 g/mol. The van der Waals surface area contributed by atoms with Crippen LogP contribution in [0.2, 0.25) is 0 Å². The smallest absolute Gasteiger partial charge is 0.266 e. The first-order valence-electron chi connectivity index (χ1n) is 12.8. The summed E-state index contributed by atoms with van der Waals surface area (Å²) >= 11 is 0. The first-order chi connectivity index (χ1) is 21.8. The summed E-state index contributed by atoms with van der Waals surface area (Å²) in [5.41, 5.74) is -1.20. The lowest BCUT2D eigenvalue weighted by molar-refractivity contribution is 0.432. The lowest BCUT2D eigenvalue weighted by Gasteiger charge is -2.11. The van der Waals surface area contributed by atoms with Crippen molar-refractivity contribution in [2.75, 3.05) is 0 Å². The number of halogens is 2. The zero-order chi connectivity index (χ0) is 33.4. The number of aromatic nitrogens is 2. The van der Waals surface area contributed by atoms with Gasteiger partial charge in [0.05, 0.1) is 33.3 Å². The van der Waals surface area contributed by atoms with Crippen molar-refractivity contribution in [1.29, 1.82) is 10.5 Å². The van der Waals surface area contributed by atoms with Gasteiger partial charge in [-0.3, -0.25) is 18.7 Å². The van der Waals surface area contributed by atoms with Gasteiger partial charge in [0.25, 0.3) is 11.1 Å². The number of phenols is 6. The molecule has 0 amide bonds. The van der Waals surface area contributed by atoms with Crippen LogP contribution in [0.1, 0.15) is 11.1 Å². The van der Waals surface area contributed by atoms with Crippen LogP contribution in [0.25, 0.3) is 32.9 Å². The molecule has 0 aliphatic carbocycles. The van der Waals surface area contributed by atoms with Crippen LogP contribution in [0.15, 0.2) is 82.6 Å². The first kappa shape index (κ1) is 30.4. The van der Waals surface area contributed by atoms with Crippen LogP contribution in [-0.4, -0.2) is 39.8 Å². The van der Waals surface area contributed by atoms with E-state index < -0.39 is 45.8 Å². The number of pyridine rings is 2. The van der Waals surface area contributed by atoms with E-state index in [-0.39, 0.29) is 55.5 Å². The molecule has 0 aliphatic rings. The second-order valence-corrected chi connectivity index (χ2v) is 9.71. The van der Waals surface area contributed by atoms with Crippen molar-refractivity contribution in [3.63, 3.8) is 0 Å². The minimum Gasteiger partial charge on any atom is -0.508 e. The summed E-state index contributed by atoms with van der Waals surface area (Å²) in [6.45, 7) is 0. The molecule has 6 N–H and O–H groups in total. The van der Waals surface area contributed by atoms with Gasteiger partial charge >= 0.3 is 0 Å². The van der Waals surface area contributed by atoms with E-state index in [2.05, 4.69) is 0 Å². The second kappa shape index (κ2) is 11.6. The lowest BCUT2D eigenvalue weighted by atomic mass is 10.1. The largest absolute Gasteiger partial charge is 0.508 e. The zero-order valence-corrected chi connectivity index (χ0v) is 23.0. The highest BCUT2D eigenvalue weighted by molar-refractivity contribution is 5.94. The third-order valence-corrected chi connectivity index (χ3v) is 6.83. The number of phenolic OH excluding ortho intramolecular Hbond substituents is 6. The molecule has 0 bridgehead atoms. The van der Waals surface area contributed by atoms with Crippen molar-refractivity contribution in [3.05, 3.63) is 117 Å². The maximum absolute atomic E-state index is 13.5. The number of hydrogen-bond donors (Lipinski definition) is 6. The molecule has 14 heteroatoms. The quantitative estimate of drug-likeness (QED) is 0.161. The number of fused-ring (bicyclic) bond motifs is 2. The Morgan fingerprint density at radius 1 is 0.543 bits per heavy atom. The van der Waals surface area contributed by atoms with Gasteiger partial charge in [-0.05, 0) is 36.4 Å². The van der Waals surface area contributed by atoms with Crippen LogP contribution in [0.5, 0.6) is 34.5 Å². The summed E-state index contributed by atoms with van der Waals surface area (Å²) in [6.07, 6.45) is 2.35. The predicted molar refractivity (Wildman–Crippen MR) is 158 cm³/mol. The van der Waals surface area contributed by atoms with Crippen LogP contribution in [0, 0.1) is 34.3 Å². The Morgan fingerprint density at radius 2 is 0.913 bits per heavy atom. The molecule has 0 aliphatic heterocycles. The van der Waals surface area contributed by atoms with Crippen LogP contribution in [0.4, 0.5) is 8.78 Å². The molecule has 2 heterocycles. The van der Waals surface area contributed by atoms with Crippen molar-refractivity contribution in [1.82, 2.24) is 9.13 Å². The molecule has 0 spiro atoms. The molecule has 0 atom stereocenters. The van der Waals surface area contributed by atoms with Crippen LogP contribution < -0.4 is 11.1 Å². The molecule has 0 saturated heterocycles. The van der Waals surface area contributed by atoms with Crippen LogP contribution in [0.3, 0.4) is 0 Å². The normalized spacial score (nSPS) is 10.6. The van der Waals surface area contributed by atoms with Crippen molar-refractivity contribution < 1.29 is 39.4 Å². The van der Waals surface area contributed by atoms with Crippen LogP contribution >= 0.6 is 0 Å². The molecular weight excluding hydrogens is 606 g/mol. The third-order valence-electron chi connectivity index (χ3n) is 6.83. The van der Waals surface area contributed by atoms with Crippen molar-refractivity contribution in [2.24, 2.45) is 0 Å². The van der Waals surface area contributed by atoms with E-state index in [9.17, 15) is 59.5 Å². The average molecular weight is 625 g/mol. The lowest BCUT2D eigenvalue weighted by Crippen LogP contribution is -2.19. The van der Waals surface area contributed by atoms with E-state index in [1.54, 1.807) is 0 Å². The average Bonchev–Trinajstić information content (AvgIpc) is 3.00. The van der Waals surface area contributed by atoms with Gasteiger partial charge < -0.3 is 30.6 Å². The first-order valence-corrected chi connectivity index (χ1v) is 12.8. The highest BCUT2D eigenvalue weighted by Gasteiger charge is 2.17. The van der Waals surface area contributed by atoms with Gasteiger partial charge in [-0.25, -0.2) is 8.78 Å². The molecule has 0 fully saturated rings. The Morgan fingerprint density at radius 3 is 1.24 bits per heavy atom. The Balaban J connectivity index is 0.000000181. The Labute approximate surface area is 255 Å². The molecule has 0 radical (unpaired) electrons. The summed E-state index contributed by atoms with van der Waals surface area (Å²) in [4.78, 5) is 25.1. The van der Waals surface area contributed by atoms with E-state index in [4.69, 9.17) is 0 Å². The highest BCUT2D eigenvalue weighted by Crippen LogP contribution is 2.31. The molecule has 0 saturated carbocycles. The summed E-state index contributed by atoms with van der Waals surface area (Å²) in [6, 6.07) is 14.7. The Kier molecular flexibility index (Phi) is 7.64. The van der Waals surface area contributed by atoms with Gasteiger partial charge in [0, 0.05) is 47.4 Å². The van der Waals surface area contributed by atoms with Gasteiger partial charge in [0.1, 0.15) is 35.1 Å². The number of nitriles is 2. The van der Waals surface area contributed by atoms with Crippen LogP contribution in [-0.2, 0) is 0 Å². The molecule has 6 rings (SSSR count). The SMILES string of the molecule is N#Cc1cn(-c2ccc(O)c(F)c2)c(=O)c2c(O)cc(O)cc12.N#Cc1cn(-c2ccc(O)c(F)c2)c(=O)c2c(O)cc(O)cc12. The number of nitrogens with zero attached hydrogens (tertiary/aromatic N) is 4. The molecule has 46 heavy (non-hydrogen) atoms. The minimum atomic E-state index is -0.928. The van der Waals surface area contributed by atoms with Gasteiger partial charge in [-0.2, -0.15) is 10.5 Å². The van der Waals surface area contributed by atoms with E-state index in [0.29, 0.717) is 0 Å². The highest BCUT2D eigenvalue weighted by atomic mass is 19.1. The number of benzene rings is 4. The molecule has 4 aromatic carbocycles. The van der Waals surface area contributed by atoms with Crippen molar-refractivity contribution in [3.8, 4) is 58.0 Å². The summed E-state index contributed by atoms with van der Waals surface area (Å²) in [5, 5.41) is 75.6. The standard InChI is InChI=1S/2C16H9FN2O4/c2*17-12-3-9(1-2-13(12)21)19-7-8(6-18)11-4-10(20)5-14(22)15(11)16(19)23/h2*1-5,7,20-22H. The molecule has 12 nitrogen and oxygen atoms in total. The van der Waals surface area contributed by atoms with E-state index in [1.807, 2.05) is 12.1 Å². The van der Waals surface area contributed by atoms with Crippen molar-refractivity contribution >= 4 is 21.5 Å². The minimum absolute atomic E-state index is 0.0132. The second-order valence-electron chi connectivity index (χ2n) is 9.71. The summed E-state index contributed by atoms with van der Waals surface area (Å²) in [5.74, 6) is -4.57. The summed E-state index contributed by atoms with van der Waals surface area (Å²) < 4.78 is 29.0. The van der Waals surface area contributed by atoms with E-state index in [0.717, 1.165) is 45.5 Å². The number of hydrogen-bond acceptors (Lipinski definition) is 10. The van der Waals surface area contributed by atoms with Gasteiger partial charge in [-0.1, -0.05) is 0 Å². The van der Waals surface area contributed by atoms with E-state index in [1.165, 1.54) is 36.7 Å². The summed E-state index contributed by atoms with van der Waals surface area (Å²) in [7, 11) is 0. The molecule has 2 aromatic heterocycles. The van der Waals surface area contributed by atoms with E-state index >= 15 is 0 Å². The fraction of sp³-hybridized carbons (Fsp3) is 0. The van der Waals surface area contributed by atoms with Gasteiger partial charge in [-0.15, -0.1) is 0 Å². The van der Waals surface area contributed by atoms with Gasteiger partial charge in [0.15, 0.2) is 23.1 Å². The molecular formula is C32H18F2N4O8. The van der Waals surface area contributed by atoms with Gasteiger partial charge in [0.2, 0.25) is 0 Å². The predicted octanol–water partition coefficient (Wildman–Crippen LogP) is 4.24. The molecule has 6 aromatic rings. The maximum atomic E-state index is 13.5. The fourth-order valence-corrected chi connectivity index (χ4v) is 4.71. The Hall–Kier alpha value is -7.06. The zero-order valence-electron chi connectivity index (χ0n) is 23.0. The number of rotatable bonds is 2. The molecule has 228 valence electrons. The molecule has 0 unspecified atom stereocenters. The maximum Gasteiger partial charge on any atom is 0.266 e. The number of aromatic hydroxyl groups is 6. The fourth-order valence-electron chi connectivity index (χ4n) is 4.71. The topological polar surface area (TPSA) is 213 Å². The van der Waals surface area contributed by atoms with Crippen molar-refractivity contribution in [2.45, 2.75) is 0 Å². The third kappa shape index (κ3) is 5.29.